The fraction of sp³-hybridized carbons (Fsp3) is 0.200. The van der Waals surface area contributed by atoms with Gasteiger partial charge in [-0.25, -0.2) is 10.2 Å². The maximum atomic E-state index is 12.9. The van der Waals surface area contributed by atoms with Crippen LogP contribution >= 0.6 is 0 Å². The van der Waals surface area contributed by atoms with E-state index in [1.54, 1.807) is 92.0 Å². The molecule has 0 radical (unpaired) electrons. The molecule has 2 N–H and O–H groups in total. The first-order valence-corrected chi connectivity index (χ1v) is 14.6. The normalized spacial score (nSPS) is 10.6. The highest BCUT2D eigenvalue weighted by molar-refractivity contribution is 6.05. The number of ether oxygens (including phenoxy) is 5. The molecule has 0 bridgehead atoms. The summed E-state index contributed by atoms with van der Waals surface area (Å²) in [4.78, 5) is 38.4. The molecule has 11 nitrogen and oxygen atoms in total. The van der Waals surface area contributed by atoms with Crippen LogP contribution in [0.2, 0.25) is 0 Å². The van der Waals surface area contributed by atoms with Crippen molar-refractivity contribution in [2.75, 3.05) is 32.2 Å². The van der Waals surface area contributed by atoms with Crippen molar-refractivity contribution in [3.8, 4) is 28.7 Å². The summed E-state index contributed by atoms with van der Waals surface area (Å²) in [5.41, 5.74) is 4.51. The molecular weight excluding hydrogens is 590 g/mol. The summed E-state index contributed by atoms with van der Waals surface area (Å²) in [6.07, 6.45) is 1.43. The summed E-state index contributed by atoms with van der Waals surface area (Å²) in [6.45, 7) is 6.75. The molecule has 0 unspecified atom stereocenters. The van der Waals surface area contributed by atoms with Crippen molar-refractivity contribution in [1.29, 1.82) is 0 Å². The monoisotopic (exact) mass is 625 g/mol. The molecule has 0 saturated heterocycles. The van der Waals surface area contributed by atoms with E-state index in [4.69, 9.17) is 23.7 Å². The largest absolute Gasteiger partial charge is 0.497 e. The summed E-state index contributed by atoms with van der Waals surface area (Å²) < 4.78 is 27.5. The number of hydrogen-bond donors (Lipinski definition) is 2. The summed E-state index contributed by atoms with van der Waals surface area (Å²) >= 11 is 0. The molecule has 4 aromatic carbocycles. The lowest BCUT2D eigenvalue weighted by Crippen LogP contribution is -2.18. The Morgan fingerprint density at radius 1 is 0.674 bits per heavy atom. The summed E-state index contributed by atoms with van der Waals surface area (Å²) in [5, 5.41) is 6.85. The molecule has 4 rings (SSSR count). The van der Waals surface area contributed by atoms with E-state index in [0.29, 0.717) is 65.2 Å². The standard InChI is InChI=1S/C35H35N3O8/c1-5-43-29-18-14-26(21-32(29)45-7-3)33(39)37-27-10-8-9-25(20-27)34(40)38-36-22-23-11-17-30(31(19-23)44-6-2)46-35(41)24-12-15-28(42-4)16-13-24/h8-22H,5-7H2,1-4H3,(H,37,39)(H,38,40). The van der Waals surface area contributed by atoms with Gasteiger partial charge in [-0.05, 0) is 105 Å². The highest BCUT2D eigenvalue weighted by Gasteiger charge is 2.15. The molecule has 0 spiro atoms. The molecule has 0 aliphatic rings. The fourth-order valence-corrected chi connectivity index (χ4v) is 4.21. The molecule has 0 aromatic heterocycles. The maximum Gasteiger partial charge on any atom is 0.343 e. The zero-order chi connectivity index (χ0) is 32.9. The number of hydrazone groups is 1. The quantitative estimate of drug-likeness (QED) is 0.0740. The number of hydrogen-bond acceptors (Lipinski definition) is 9. The van der Waals surface area contributed by atoms with Crippen LogP contribution in [0.5, 0.6) is 28.7 Å². The van der Waals surface area contributed by atoms with Crippen LogP contribution in [0.1, 0.15) is 57.4 Å². The minimum atomic E-state index is -0.551. The minimum absolute atomic E-state index is 0.238. The van der Waals surface area contributed by atoms with Gasteiger partial charge in [-0.15, -0.1) is 0 Å². The molecule has 0 saturated carbocycles. The first-order chi connectivity index (χ1) is 22.3. The van der Waals surface area contributed by atoms with Gasteiger partial charge in [0, 0.05) is 16.8 Å². The minimum Gasteiger partial charge on any atom is -0.497 e. The van der Waals surface area contributed by atoms with Gasteiger partial charge in [0.1, 0.15) is 5.75 Å². The van der Waals surface area contributed by atoms with Gasteiger partial charge in [0.2, 0.25) is 0 Å². The number of rotatable bonds is 14. The summed E-state index contributed by atoms with van der Waals surface area (Å²) in [5.74, 6) is 0.818. The van der Waals surface area contributed by atoms with Crippen LogP contribution in [0.4, 0.5) is 5.69 Å². The lowest BCUT2D eigenvalue weighted by molar-refractivity contribution is 0.0728. The van der Waals surface area contributed by atoms with Crippen molar-refractivity contribution in [2.45, 2.75) is 20.8 Å². The average Bonchev–Trinajstić information content (AvgIpc) is 3.07. The Morgan fingerprint density at radius 3 is 2.00 bits per heavy atom. The second-order valence-corrected chi connectivity index (χ2v) is 9.52. The smallest absolute Gasteiger partial charge is 0.343 e. The van der Waals surface area contributed by atoms with Crippen molar-refractivity contribution in [2.24, 2.45) is 5.10 Å². The van der Waals surface area contributed by atoms with E-state index in [1.165, 1.54) is 6.21 Å². The number of benzene rings is 4. The number of methoxy groups -OCH3 is 1. The number of carbonyl (C=O) groups is 3. The number of esters is 1. The van der Waals surface area contributed by atoms with Crippen LogP contribution in [0.3, 0.4) is 0 Å². The van der Waals surface area contributed by atoms with Crippen LogP contribution in [0.15, 0.2) is 90.0 Å². The van der Waals surface area contributed by atoms with Gasteiger partial charge in [0.25, 0.3) is 11.8 Å². The molecule has 0 heterocycles. The number of nitrogens with one attached hydrogen (secondary N) is 2. The van der Waals surface area contributed by atoms with Gasteiger partial charge in [0.15, 0.2) is 23.0 Å². The molecule has 2 amide bonds. The molecule has 4 aromatic rings. The number of nitrogens with zero attached hydrogens (tertiary/aromatic N) is 1. The van der Waals surface area contributed by atoms with Crippen LogP contribution in [-0.2, 0) is 0 Å². The first kappa shape index (κ1) is 33.1. The van der Waals surface area contributed by atoms with E-state index >= 15 is 0 Å². The third kappa shape index (κ3) is 8.85. The molecule has 238 valence electrons. The lowest BCUT2D eigenvalue weighted by Gasteiger charge is -2.13. The second kappa shape index (κ2) is 16.3. The van der Waals surface area contributed by atoms with Gasteiger partial charge in [0.05, 0.1) is 38.7 Å². The average molecular weight is 626 g/mol. The Balaban J connectivity index is 1.39. The van der Waals surface area contributed by atoms with Gasteiger partial charge >= 0.3 is 5.97 Å². The van der Waals surface area contributed by atoms with Gasteiger partial charge in [-0.1, -0.05) is 6.07 Å². The zero-order valence-corrected chi connectivity index (χ0v) is 26.0. The first-order valence-electron chi connectivity index (χ1n) is 14.6. The molecule has 0 fully saturated rings. The van der Waals surface area contributed by atoms with E-state index in [0.717, 1.165) is 0 Å². The van der Waals surface area contributed by atoms with Crippen LogP contribution in [0.25, 0.3) is 0 Å². The Bertz CT molecular complexity index is 1700. The van der Waals surface area contributed by atoms with Crippen molar-refractivity contribution >= 4 is 29.7 Å². The van der Waals surface area contributed by atoms with Gasteiger partial charge in [-0.3, -0.25) is 9.59 Å². The van der Waals surface area contributed by atoms with Crippen molar-refractivity contribution in [3.05, 3.63) is 107 Å². The highest BCUT2D eigenvalue weighted by atomic mass is 16.6. The van der Waals surface area contributed by atoms with Crippen LogP contribution in [0, 0.1) is 0 Å². The zero-order valence-electron chi connectivity index (χ0n) is 26.0. The van der Waals surface area contributed by atoms with Crippen molar-refractivity contribution in [3.63, 3.8) is 0 Å². The van der Waals surface area contributed by atoms with E-state index in [2.05, 4.69) is 15.8 Å². The summed E-state index contributed by atoms with van der Waals surface area (Å²) in [6, 6.07) is 22.9. The van der Waals surface area contributed by atoms with Crippen molar-refractivity contribution < 1.29 is 38.1 Å². The molecule has 0 atom stereocenters. The number of anilines is 1. The Morgan fingerprint density at radius 2 is 1.30 bits per heavy atom. The predicted molar refractivity (Wildman–Crippen MR) is 174 cm³/mol. The molecule has 11 heteroatoms. The van der Waals surface area contributed by atoms with E-state index < -0.39 is 11.9 Å². The van der Waals surface area contributed by atoms with Gasteiger partial charge < -0.3 is 29.0 Å². The topological polar surface area (TPSA) is 134 Å². The molecule has 0 aliphatic heterocycles. The molecular formula is C35H35N3O8. The predicted octanol–water partition coefficient (Wildman–Crippen LogP) is 6.13. The lowest BCUT2D eigenvalue weighted by atomic mass is 10.1. The second-order valence-electron chi connectivity index (χ2n) is 9.52. The highest BCUT2D eigenvalue weighted by Crippen LogP contribution is 2.30. The SMILES string of the molecule is CCOc1ccc(C(=O)Nc2cccc(C(=O)NN=Cc3ccc(OC(=O)c4ccc(OC)cc4)c(OCC)c3)c2)cc1OCC. The number of amides is 2. The Labute approximate surface area is 267 Å². The third-order valence-electron chi connectivity index (χ3n) is 6.36. The van der Waals surface area contributed by atoms with Crippen LogP contribution < -0.4 is 34.4 Å². The maximum absolute atomic E-state index is 12.9. The van der Waals surface area contributed by atoms with Gasteiger partial charge in [-0.2, -0.15) is 5.10 Å². The van der Waals surface area contributed by atoms with Crippen molar-refractivity contribution in [1.82, 2.24) is 5.43 Å². The van der Waals surface area contributed by atoms with Crippen LogP contribution in [-0.4, -0.2) is 50.9 Å². The Hall–Kier alpha value is -5.84. The van der Waals surface area contributed by atoms with E-state index in [1.807, 2.05) is 20.8 Å². The van der Waals surface area contributed by atoms with E-state index in [-0.39, 0.29) is 17.2 Å². The fourth-order valence-electron chi connectivity index (χ4n) is 4.21. The molecule has 0 aliphatic carbocycles. The molecule has 46 heavy (non-hydrogen) atoms. The summed E-state index contributed by atoms with van der Waals surface area (Å²) in [7, 11) is 1.54. The van der Waals surface area contributed by atoms with E-state index in [9.17, 15) is 14.4 Å². The number of carbonyl (C=O) groups excluding carboxylic acids is 3. The third-order valence-corrected chi connectivity index (χ3v) is 6.36. The Kier molecular flexibility index (Phi) is 11.7.